The molecule has 0 bridgehead atoms. The van der Waals surface area contributed by atoms with Gasteiger partial charge in [0.25, 0.3) is 0 Å². The zero-order valence-corrected chi connectivity index (χ0v) is 18.8. The third-order valence-electron chi connectivity index (χ3n) is 4.55. The van der Waals surface area contributed by atoms with Crippen LogP contribution in [-0.2, 0) is 21.4 Å². The van der Waals surface area contributed by atoms with E-state index in [0.717, 1.165) is 23.1 Å². The van der Waals surface area contributed by atoms with Crippen LogP contribution < -0.4 is 14.5 Å². The van der Waals surface area contributed by atoms with E-state index in [2.05, 4.69) is 5.32 Å². The average molecular weight is 438 g/mol. The smallest absolute Gasteiger partial charge is 0.232 e. The number of carbonyl (C=O) groups is 1. The van der Waals surface area contributed by atoms with Gasteiger partial charge in [-0.3, -0.25) is 9.10 Å². The summed E-state index contributed by atoms with van der Waals surface area (Å²) < 4.78 is 25.8. The van der Waals surface area contributed by atoms with Crippen LogP contribution in [0.25, 0.3) is 0 Å². The summed E-state index contributed by atoms with van der Waals surface area (Å²) in [5.41, 5.74) is 3.46. The molecule has 0 fully saturated rings. The average Bonchev–Trinajstić information content (AvgIpc) is 2.65. The summed E-state index contributed by atoms with van der Waals surface area (Å²) in [5, 5.41) is 3.35. The standard InChI is InChI=1S/C21H28ClN3O3S/c1-16-7-10-18(22)14-20(16)25(29(4,27)28)13-5-6-21(26)23-15-17-8-11-19(12-9-17)24(2)3/h7-12,14H,5-6,13,15H2,1-4H3,(H,23,26). The van der Waals surface area contributed by atoms with Crippen molar-refractivity contribution < 1.29 is 13.2 Å². The molecule has 2 rings (SSSR count). The minimum Gasteiger partial charge on any atom is -0.378 e. The molecule has 0 atom stereocenters. The number of benzene rings is 2. The number of rotatable bonds is 9. The molecule has 0 unspecified atom stereocenters. The van der Waals surface area contributed by atoms with Crippen LogP contribution in [0.5, 0.6) is 0 Å². The summed E-state index contributed by atoms with van der Waals surface area (Å²) in [7, 11) is 0.465. The van der Waals surface area contributed by atoms with Gasteiger partial charge in [0.2, 0.25) is 15.9 Å². The van der Waals surface area contributed by atoms with Gasteiger partial charge in [-0.15, -0.1) is 0 Å². The first kappa shape index (κ1) is 23.0. The summed E-state index contributed by atoms with van der Waals surface area (Å²) >= 11 is 6.03. The number of sulfonamides is 1. The molecule has 0 aliphatic rings. The maximum absolute atomic E-state index is 12.2. The van der Waals surface area contributed by atoms with E-state index in [9.17, 15) is 13.2 Å². The number of amides is 1. The molecule has 0 aliphatic carbocycles. The van der Waals surface area contributed by atoms with E-state index in [4.69, 9.17) is 11.6 Å². The predicted molar refractivity (Wildman–Crippen MR) is 120 cm³/mol. The molecule has 0 saturated heterocycles. The quantitative estimate of drug-likeness (QED) is 0.651. The van der Waals surface area contributed by atoms with Gasteiger partial charge < -0.3 is 10.2 Å². The number of aryl methyl sites for hydroxylation is 1. The van der Waals surface area contributed by atoms with Crippen LogP contribution in [0, 0.1) is 6.92 Å². The van der Waals surface area contributed by atoms with Crippen LogP contribution in [0.15, 0.2) is 42.5 Å². The first-order valence-corrected chi connectivity index (χ1v) is 11.6. The largest absolute Gasteiger partial charge is 0.378 e. The summed E-state index contributed by atoms with van der Waals surface area (Å²) in [4.78, 5) is 14.2. The Bertz CT molecular complexity index is 944. The van der Waals surface area contributed by atoms with Crippen molar-refractivity contribution in [2.75, 3.05) is 36.1 Å². The summed E-state index contributed by atoms with van der Waals surface area (Å²) in [5.74, 6) is -0.113. The van der Waals surface area contributed by atoms with Gasteiger partial charge in [0.05, 0.1) is 11.9 Å². The third-order valence-corrected chi connectivity index (χ3v) is 5.96. The van der Waals surface area contributed by atoms with E-state index in [1.165, 1.54) is 4.31 Å². The SMILES string of the molecule is Cc1ccc(Cl)cc1N(CCCC(=O)NCc1ccc(N(C)C)cc1)S(C)(=O)=O. The minimum absolute atomic E-state index is 0.113. The highest BCUT2D eigenvalue weighted by molar-refractivity contribution is 7.92. The molecule has 2 aromatic carbocycles. The second kappa shape index (κ2) is 9.98. The summed E-state index contributed by atoms with van der Waals surface area (Å²) in [6.07, 6.45) is 1.80. The van der Waals surface area contributed by atoms with Crippen LogP contribution in [0.4, 0.5) is 11.4 Å². The first-order valence-electron chi connectivity index (χ1n) is 9.35. The fourth-order valence-corrected chi connectivity index (χ4v) is 4.08. The van der Waals surface area contributed by atoms with Crippen LogP contribution in [-0.4, -0.2) is 41.2 Å². The van der Waals surface area contributed by atoms with Crippen molar-refractivity contribution in [2.24, 2.45) is 0 Å². The van der Waals surface area contributed by atoms with Crippen molar-refractivity contribution in [1.82, 2.24) is 5.32 Å². The maximum Gasteiger partial charge on any atom is 0.232 e. The molecule has 0 aromatic heterocycles. The molecular weight excluding hydrogens is 410 g/mol. The lowest BCUT2D eigenvalue weighted by molar-refractivity contribution is -0.121. The molecule has 0 saturated carbocycles. The van der Waals surface area contributed by atoms with Gasteiger partial charge in [-0.1, -0.05) is 29.8 Å². The Labute approximate surface area is 178 Å². The van der Waals surface area contributed by atoms with E-state index in [-0.39, 0.29) is 18.9 Å². The Balaban J connectivity index is 1.90. The van der Waals surface area contributed by atoms with Crippen molar-refractivity contribution in [3.05, 3.63) is 58.6 Å². The van der Waals surface area contributed by atoms with Gasteiger partial charge in [-0.25, -0.2) is 8.42 Å². The molecule has 0 heterocycles. The zero-order valence-electron chi connectivity index (χ0n) is 17.3. The second-order valence-electron chi connectivity index (χ2n) is 7.21. The molecule has 29 heavy (non-hydrogen) atoms. The fraction of sp³-hybridized carbons (Fsp3) is 0.381. The van der Waals surface area contributed by atoms with Crippen molar-refractivity contribution in [2.45, 2.75) is 26.3 Å². The maximum atomic E-state index is 12.2. The second-order valence-corrected chi connectivity index (χ2v) is 9.55. The number of nitrogens with one attached hydrogen (secondary N) is 1. The molecule has 0 aliphatic heterocycles. The molecule has 1 amide bonds. The number of hydrogen-bond acceptors (Lipinski definition) is 4. The van der Waals surface area contributed by atoms with E-state index in [1.807, 2.05) is 50.2 Å². The highest BCUT2D eigenvalue weighted by atomic mass is 35.5. The Kier molecular flexibility index (Phi) is 7.93. The number of nitrogens with zero attached hydrogens (tertiary/aromatic N) is 2. The topological polar surface area (TPSA) is 69.7 Å². The van der Waals surface area contributed by atoms with Gasteiger partial charge in [0.15, 0.2) is 0 Å². The molecule has 6 nitrogen and oxygen atoms in total. The third kappa shape index (κ3) is 6.94. The van der Waals surface area contributed by atoms with Gasteiger partial charge in [-0.2, -0.15) is 0 Å². The highest BCUT2D eigenvalue weighted by Crippen LogP contribution is 2.26. The van der Waals surface area contributed by atoms with Crippen molar-refractivity contribution in [1.29, 1.82) is 0 Å². The minimum atomic E-state index is -3.48. The highest BCUT2D eigenvalue weighted by Gasteiger charge is 2.19. The van der Waals surface area contributed by atoms with Crippen molar-refractivity contribution in [3.63, 3.8) is 0 Å². The van der Waals surface area contributed by atoms with Crippen LogP contribution in [0.1, 0.15) is 24.0 Å². The Morgan fingerprint density at radius 2 is 1.76 bits per heavy atom. The normalized spacial score (nSPS) is 11.2. The van der Waals surface area contributed by atoms with Gasteiger partial charge in [0, 0.05) is 44.3 Å². The lowest BCUT2D eigenvalue weighted by Crippen LogP contribution is -2.32. The predicted octanol–water partition coefficient (Wildman–Crippen LogP) is 3.58. The molecular formula is C21H28ClN3O3S. The van der Waals surface area contributed by atoms with Crippen molar-refractivity contribution in [3.8, 4) is 0 Å². The Morgan fingerprint density at radius 1 is 1.10 bits per heavy atom. The molecule has 0 spiro atoms. The molecule has 1 N–H and O–H groups in total. The molecule has 0 radical (unpaired) electrons. The van der Waals surface area contributed by atoms with Crippen LogP contribution >= 0.6 is 11.6 Å². The van der Waals surface area contributed by atoms with E-state index in [0.29, 0.717) is 23.7 Å². The Morgan fingerprint density at radius 3 is 2.34 bits per heavy atom. The summed E-state index contributed by atoms with van der Waals surface area (Å²) in [6.45, 7) is 2.48. The van der Waals surface area contributed by atoms with Gasteiger partial charge in [-0.05, 0) is 48.7 Å². The lowest BCUT2D eigenvalue weighted by Gasteiger charge is -2.24. The van der Waals surface area contributed by atoms with E-state index in [1.54, 1.807) is 18.2 Å². The number of halogens is 1. The first-order chi connectivity index (χ1) is 13.6. The van der Waals surface area contributed by atoms with Crippen LogP contribution in [0.3, 0.4) is 0 Å². The number of hydrogen-bond donors (Lipinski definition) is 1. The van der Waals surface area contributed by atoms with Gasteiger partial charge >= 0.3 is 0 Å². The Hall–Kier alpha value is -2.25. The zero-order chi connectivity index (χ0) is 21.6. The fourth-order valence-electron chi connectivity index (χ4n) is 2.90. The van der Waals surface area contributed by atoms with Crippen LogP contribution in [0.2, 0.25) is 5.02 Å². The lowest BCUT2D eigenvalue weighted by atomic mass is 10.2. The van der Waals surface area contributed by atoms with E-state index < -0.39 is 10.0 Å². The van der Waals surface area contributed by atoms with Crippen molar-refractivity contribution >= 4 is 38.9 Å². The molecule has 2 aromatic rings. The molecule has 8 heteroatoms. The number of anilines is 2. The van der Waals surface area contributed by atoms with Gasteiger partial charge in [0.1, 0.15) is 0 Å². The monoisotopic (exact) mass is 437 g/mol. The number of carbonyl (C=O) groups excluding carboxylic acids is 1. The summed E-state index contributed by atoms with van der Waals surface area (Å²) in [6, 6.07) is 13.1. The molecule has 158 valence electrons. The van der Waals surface area contributed by atoms with E-state index >= 15 is 0 Å².